The predicted molar refractivity (Wildman–Crippen MR) is 81.5 cm³/mol. The Morgan fingerprint density at radius 3 is 2.33 bits per heavy atom. The molecular formula is C14H10IN3. The number of hydrogen-bond acceptors (Lipinski definition) is 3. The molecule has 0 bridgehead atoms. The van der Waals surface area contributed by atoms with E-state index >= 15 is 0 Å². The van der Waals surface area contributed by atoms with Gasteiger partial charge in [0.2, 0.25) is 0 Å². The Bertz CT molecular complexity index is 580. The minimum atomic E-state index is 0.651. The summed E-state index contributed by atoms with van der Waals surface area (Å²) in [5.74, 6) is 0. The average molecular weight is 347 g/mol. The van der Waals surface area contributed by atoms with Crippen molar-refractivity contribution in [2.45, 2.75) is 0 Å². The van der Waals surface area contributed by atoms with Crippen molar-refractivity contribution in [3.8, 4) is 6.07 Å². The molecule has 0 aromatic heterocycles. The molecule has 4 heteroatoms. The summed E-state index contributed by atoms with van der Waals surface area (Å²) in [6.07, 6.45) is 1.72. The number of hydrogen-bond donors (Lipinski definition) is 1. The summed E-state index contributed by atoms with van der Waals surface area (Å²) >= 11 is 2.26. The summed E-state index contributed by atoms with van der Waals surface area (Å²) in [5, 5.41) is 12.8. The van der Waals surface area contributed by atoms with Gasteiger partial charge in [0.25, 0.3) is 0 Å². The van der Waals surface area contributed by atoms with Gasteiger partial charge in [-0.15, -0.1) is 0 Å². The summed E-state index contributed by atoms with van der Waals surface area (Å²) in [6, 6.07) is 17.3. The van der Waals surface area contributed by atoms with E-state index in [0.29, 0.717) is 5.56 Å². The highest BCUT2D eigenvalue weighted by atomic mass is 127. The molecule has 0 spiro atoms. The van der Waals surface area contributed by atoms with Gasteiger partial charge in [0.05, 0.1) is 23.5 Å². The van der Waals surface area contributed by atoms with Crippen LogP contribution in [0.1, 0.15) is 11.1 Å². The fourth-order valence-electron chi connectivity index (χ4n) is 1.35. The lowest BCUT2D eigenvalue weighted by molar-refractivity contribution is 1.35. The first-order valence-corrected chi connectivity index (χ1v) is 6.40. The molecule has 0 unspecified atom stereocenters. The van der Waals surface area contributed by atoms with Gasteiger partial charge in [0, 0.05) is 3.57 Å². The molecule has 2 aromatic carbocycles. The Morgan fingerprint density at radius 2 is 1.72 bits per heavy atom. The molecule has 0 amide bonds. The van der Waals surface area contributed by atoms with Crippen LogP contribution < -0.4 is 5.43 Å². The van der Waals surface area contributed by atoms with Crippen LogP contribution in [0.4, 0.5) is 5.69 Å². The van der Waals surface area contributed by atoms with E-state index in [0.717, 1.165) is 11.3 Å². The number of benzene rings is 2. The second kappa shape index (κ2) is 6.17. The van der Waals surface area contributed by atoms with E-state index in [-0.39, 0.29) is 0 Å². The van der Waals surface area contributed by atoms with Crippen molar-refractivity contribution < 1.29 is 0 Å². The molecule has 0 fully saturated rings. The maximum atomic E-state index is 8.68. The standard InChI is InChI=1S/C14H10IN3/c15-13-5-7-14(8-6-13)18-17-10-12-3-1-11(9-16)2-4-12/h1-8,10,18H/b17-10+. The number of anilines is 1. The van der Waals surface area contributed by atoms with E-state index in [9.17, 15) is 0 Å². The van der Waals surface area contributed by atoms with E-state index in [1.54, 1.807) is 18.3 Å². The third-order valence-electron chi connectivity index (χ3n) is 2.29. The van der Waals surface area contributed by atoms with Crippen LogP contribution in [0.25, 0.3) is 0 Å². The van der Waals surface area contributed by atoms with Gasteiger partial charge in [0.1, 0.15) is 0 Å². The van der Waals surface area contributed by atoms with Crippen LogP contribution in [-0.2, 0) is 0 Å². The minimum Gasteiger partial charge on any atom is -0.279 e. The third kappa shape index (κ3) is 3.57. The molecule has 0 heterocycles. The number of halogens is 1. The molecule has 88 valence electrons. The Kier molecular flexibility index (Phi) is 4.31. The number of nitrogens with one attached hydrogen (secondary N) is 1. The van der Waals surface area contributed by atoms with E-state index in [1.807, 2.05) is 36.4 Å². The monoisotopic (exact) mass is 347 g/mol. The zero-order valence-electron chi connectivity index (χ0n) is 9.47. The van der Waals surface area contributed by atoms with Crippen LogP contribution in [0.2, 0.25) is 0 Å². The Morgan fingerprint density at radius 1 is 1.06 bits per heavy atom. The van der Waals surface area contributed by atoms with Crippen LogP contribution in [0.15, 0.2) is 53.6 Å². The molecule has 18 heavy (non-hydrogen) atoms. The van der Waals surface area contributed by atoms with Gasteiger partial charge in [0.15, 0.2) is 0 Å². The van der Waals surface area contributed by atoms with Crippen LogP contribution in [-0.4, -0.2) is 6.21 Å². The van der Waals surface area contributed by atoms with Gasteiger partial charge < -0.3 is 0 Å². The smallest absolute Gasteiger partial charge is 0.0991 e. The van der Waals surface area contributed by atoms with Gasteiger partial charge in [-0.1, -0.05) is 12.1 Å². The lowest BCUT2D eigenvalue weighted by Crippen LogP contribution is -1.90. The molecule has 0 aliphatic carbocycles. The third-order valence-corrected chi connectivity index (χ3v) is 3.01. The van der Waals surface area contributed by atoms with Gasteiger partial charge in [-0.2, -0.15) is 10.4 Å². The maximum Gasteiger partial charge on any atom is 0.0991 e. The Balaban J connectivity index is 1.98. The fraction of sp³-hybridized carbons (Fsp3) is 0. The summed E-state index contributed by atoms with van der Waals surface area (Å²) in [6.45, 7) is 0. The van der Waals surface area contributed by atoms with E-state index in [4.69, 9.17) is 5.26 Å². The molecular weight excluding hydrogens is 337 g/mol. The molecule has 0 radical (unpaired) electrons. The maximum absolute atomic E-state index is 8.68. The molecule has 0 saturated heterocycles. The normalized spacial score (nSPS) is 10.2. The topological polar surface area (TPSA) is 48.2 Å². The predicted octanol–water partition coefficient (Wildman–Crippen LogP) is 3.61. The van der Waals surface area contributed by atoms with Crippen molar-refractivity contribution in [2.75, 3.05) is 5.43 Å². The van der Waals surface area contributed by atoms with E-state index in [2.05, 4.69) is 39.2 Å². The van der Waals surface area contributed by atoms with Crippen molar-refractivity contribution in [3.63, 3.8) is 0 Å². The van der Waals surface area contributed by atoms with Crippen molar-refractivity contribution in [3.05, 3.63) is 63.2 Å². The molecule has 0 aliphatic rings. The van der Waals surface area contributed by atoms with Crippen LogP contribution >= 0.6 is 22.6 Å². The average Bonchev–Trinajstić information content (AvgIpc) is 2.42. The summed E-state index contributed by atoms with van der Waals surface area (Å²) < 4.78 is 1.19. The van der Waals surface area contributed by atoms with Crippen LogP contribution in [0.3, 0.4) is 0 Å². The lowest BCUT2D eigenvalue weighted by Gasteiger charge is -1.99. The first kappa shape index (κ1) is 12.6. The molecule has 3 nitrogen and oxygen atoms in total. The summed E-state index contributed by atoms with van der Waals surface area (Å²) in [7, 11) is 0. The van der Waals surface area contributed by atoms with Crippen molar-refractivity contribution in [1.29, 1.82) is 5.26 Å². The largest absolute Gasteiger partial charge is 0.279 e. The quantitative estimate of drug-likeness (QED) is 0.524. The van der Waals surface area contributed by atoms with Crippen LogP contribution in [0.5, 0.6) is 0 Å². The van der Waals surface area contributed by atoms with Gasteiger partial charge >= 0.3 is 0 Å². The zero-order valence-corrected chi connectivity index (χ0v) is 11.6. The highest BCUT2D eigenvalue weighted by Gasteiger charge is 1.91. The lowest BCUT2D eigenvalue weighted by atomic mass is 10.2. The number of nitriles is 1. The molecule has 0 aliphatic heterocycles. The SMILES string of the molecule is N#Cc1ccc(/C=N/Nc2ccc(I)cc2)cc1. The van der Waals surface area contributed by atoms with Crippen molar-refractivity contribution in [2.24, 2.45) is 5.10 Å². The highest BCUT2D eigenvalue weighted by Crippen LogP contribution is 2.10. The van der Waals surface area contributed by atoms with E-state index < -0.39 is 0 Å². The Labute approximate surface area is 119 Å². The Hall–Kier alpha value is -1.87. The van der Waals surface area contributed by atoms with E-state index in [1.165, 1.54) is 3.57 Å². The molecule has 2 aromatic rings. The molecule has 0 atom stereocenters. The molecule has 1 N–H and O–H groups in total. The van der Waals surface area contributed by atoms with Gasteiger partial charge in [-0.05, 0) is 64.6 Å². The first-order chi connectivity index (χ1) is 8.78. The molecule has 0 saturated carbocycles. The highest BCUT2D eigenvalue weighted by molar-refractivity contribution is 14.1. The van der Waals surface area contributed by atoms with Crippen molar-refractivity contribution in [1.82, 2.24) is 0 Å². The van der Waals surface area contributed by atoms with Crippen LogP contribution in [0, 0.1) is 14.9 Å². The second-order valence-electron chi connectivity index (χ2n) is 3.61. The number of rotatable bonds is 3. The van der Waals surface area contributed by atoms with Gasteiger partial charge in [-0.25, -0.2) is 0 Å². The number of hydrazone groups is 1. The second-order valence-corrected chi connectivity index (χ2v) is 4.86. The first-order valence-electron chi connectivity index (χ1n) is 5.33. The molecule has 2 rings (SSSR count). The summed E-state index contributed by atoms with van der Waals surface area (Å²) in [4.78, 5) is 0. The fourth-order valence-corrected chi connectivity index (χ4v) is 1.71. The van der Waals surface area contributed by atoms with Gasteiger partial charge in [-0.3, -0.25) is 5.43 Å². The zero-order chi connectivity index (χ0) is 12.8. The van der Waals surface area contributed by atoms with Crippen molar-refractivity contribution >= 4 is 34.5 Å². The number of nitrogens with zero attached hydrogens (tertiary/aromatic N) is 2. The summed E-state index contributed by atoms with van der Waals surface area (Å²) in [5.41, 5.74) is 5.50. The minimum absolute atomic E-state index is 0.651.